The monoisotopic (exact) mass is 267 g/mol. The van der Waals surface area contributed by atoms with Crippen LogP contribution in [0.15, 0.2) is 30.3 Å². The molecular formula is C18H23Si. The Hall–Kier alpha value is -1.44. The lowest BCUT2D eigenvalue weighted by Crippen LogP contribution is -2.27. The number of benzene rings is 1. The summed E-state index contributed by atoms with van der Waals surface area (Å²) in [5.74, 6) is 6.64. The van der Waals surface area contributed by atoms with Gasteiger partial charge in [-0.3, -0.25) is 0 Å². The quantitative estimate of drug-likeness (QED) is 0.432. The van der Waals surface area contributed by atoms with Crippen LogP contribution in [0.25, 0.3) is 0 Å². The molecule has 0 N–H and O–H groups in total. The Morgan fingerprint density at radius 1 is 0.842 bits per heavy atom. The van der Waals surface area contributed by atoms with Crippen molar-refractivity contribution in [3.05, 3.63) is 30.3 Å². The minimum Gasteiger partial charge on any atom is -0.110 e. The smallest absolute Gasteiger partial charge is 0.110 e. The van der Waals surface area contributed by atoms with Gasteiger partial charge < -0.3 is 0 Å². The zero-order valence-electron chi connectivity index (χ0n) is 12.1. The molecule has 0 saturated heterocycles. The fourth-order valence-corrected chi connectivity index (χ4v) is 3.09. The number of rotatable bonds is 5. The van der Waals surface area contributed by atoms with Crippen molar-refractivity contribution in [2.75, 3.05) is 0 Å². The standard InChI is InChI=1S/C18H23Si/c1-3-5-7-12-16-19(17-13-8-6-4-2)18-14-10-9-11-15-18/h9-11,14-15H,3-8H2,1-2H3. The van der Waals surface area contributed by atoms with Crippen LogP contribution in [-0.2, 0) is 0 Å². The topological polar surface area (TPSA) is 0 Å². The van der Waals surface area contributed by atoms with Crippen molar-refractivity contribution in [1.82, 2.24) is 0 Å². The largest absolute Gasteiger partial charge is 0.267 e. The van der Waals surface area contributed by atoms with Crippen LogP contribution in [0.2, 0.25) is 0 Å². The van der Waals surface area contributed by atoms with Gasteiger partial charge in [-0.25, -0.2) is 0 Å². The van der Waals surface area contributed by atoms with Gasteiger partial charge in [0.15, 0.2) is 0 Å². The molecule has 0 heterocycles. The first-order chi connectivity index (χ1) is 9.38. The summed E-state index contributed by atoms with van der Waals surface area (Å²) in [6.45, 7) is 4.41. The van der Waals surface area contributed by atoms with E-state index in [-0.39, 0.29) is 0 Å². The highest BCUT2D eigenvalue weighted by Crippen LogP contribution is 1.94. The normalized spacial score (nSPS) is 9.42. The molecule has 0 aliphatic heterocycles. The minimum absolute atomic E-state index is 1.01. The summed E-state index contributed by atoms with van der Waals surface area (Å²) in [6.07, 6.45) is 6.83. The van der Waals surface area contributed by atoms with Crippen molar-refractivity contribution in [2.45, 2.75) is 52.4 Å². The summed E-state index contributed by atoms with van der Waals surface area (Å²) in [5, 5.41) is 1.32. The molecule has 19 heavy (non-hydrogen) atoms. The van der Waals surface area contributed by atoms with E-state index in [4.69, 9.17) is 0 Å². The Morgan fingerprint density at radius 3 is 1.84 bits per heavy atom. The maximum absolute atomic E-state index is 3.43. The summed E-state index contributed by atoms with van der Waals surface area (Å²) in [6, 6.07) is 10.6. The van der Waals surface area contributed by atoms with E-state index in [1.54, 1.807) is 0 Å². The lowest BCUT2D eigenvalue weighted by atomic mass is 10.3. The molecule has 1 rings (SSSR count). The van der Waals surface area contributed by atoms with Gasteiger partial charge >= 0.3 is 0 Å². The first kappa shape index (κ1) is 15.6. The SMILES string of the molecule is CCCCC#C[Si](C#CCCCC)c1ccccc1. The molecule has 0 fully saturated rings. The van der Waals surface area contributed by atoms with Crippen LogP contribution in [-0.4, -0.2) is 8.80 Å². The predicted molar refractivity (Wildman–Crippen MR) is 86.4 cm³/mol. The first-order valence-electron chi connectivity index (χ1n) is 7.28. The third-order valence-electron chi connectivity index (χ3n) is 2.80. The first-order valence-corrected chi connectivity index (χ1v) is 8.78. The van der Waals surface area contributed by atoms with Gasteiger partial charge in [-0.2, -0.15) is 0 Å². The Balaban J connectivity index is 2.72. The second-order valence-corrected chi connectivity index (χ2v) is 6.38. The van der Waals surface area contributed by atoms with Crippen LogP contribution in [0.1, 0.15) is 52.4 Å². The Bertz CT molecular complexity index is 427. The third kappa shape index (κ3) is 6.90. The highest BCUT2D eigenvalue weighted by molar-refractivity contribution is 6.87. The van der Waals surface area contributed by atoms with Gasteiger partial charge in [-0.15, -0.1) is 22.9 Å². The lowest BCUT2D eigenvalue weighted by molar-refractivity contribution is 0.828. The maximum Gasteiger partial charge on any atom is 0.267 e. The second kappa shape index (κ2) is 10.5. The molecule has 0 unspecified atom stereocenters. The molecule has 1 radical (unpaired) electrons. The van der Waals surface area contributed by atoms with Gasteiger partial charge in [0.2, 0.25) is 0 Å². The molecule has 1 heteroatoms. The van der Waals surface area contributed by atoms with Gasteiger partial charge in [-0.1, -0.05) is 57.0 Å². The minimum atomic E-state index is -1.01. The highest BCUT2D eigenvalue weighted by Gasteiger charge is 2.07. The molecule has 99 valence electrons. The van der Waals surface area contributed by atoms with Crippen molar-refractivity contribution in [3.63, 3.8) is 0 Å². The van der Waals surface area contributed by atoms with Gasteiger partial charge in [0.05, 0.1) is 0 Å². The third-order valence-corrected chi connectivity index (χ3v) is 4.56. The van der Waals surface area contributed by atoms with Crippen LogP contribution in [0.3, 0.4) is 0 Å². The van der Waals surface area contributed by atoms with E-state index in [2.05, 4.69) is 67.1 Å². The molecule has 0 bridgehead atoms. The Kier molecular flexibility index (Phi) is 8.61. The van der Waals surface area contributed by atoms with E-state index < -0.39 is 8.80 Å². The van der Waals surface area contributed by atoms with Crippen molar-refractivity contribution in [1.29, 1.82) is 0 Å². The van der Waals surface area contributed by atoms with Crippen molar-refractivity contribution in [2.24, 2.45) is 0 Å². The lowest BCUT2D eigenvalue weighted by Gasteiger charge is -2.00. The second-order valence-electron chi connectivity index (χ2n) is 4.55. The van der Waals surface area contributed by atoms with Crippen LogP contribution in [0.5, 0.6) is 0 Å². The fraction of sp³-hybridized carbons (Fsp3) is 0.444. The van der Waals surface area contributed by atoms with E-state index in [0.29, 0.717) is 0 Å². The number of unbranched alkanes of at least 4 members (excludes halogenated alkanes) is 4. The summed E-state index contributed by atoms with van der Waals surface area (Å²) >= 11 is 0. The van der Waals surface area contributed by atoms with E-state index in [1.807, 2.05) is 0 Å². The molecule has 0 spiro atoms. The molecule has 0 aliphatic rings. The van der Waals surface area contributed by atoms with Crippen molar-refractivity contribution < 1.29 is 0 Å². The molecule has 1 aromatic rings. The average Bonchev–Trinajstić information content (AvgIpc) is 2.46. The van der Waals surface area contributed by atoms with Crippen LogP contribution >= 0.6 is 0 Å². The summed E-state index contributed by atoms with van der Waals surface area (Å²) in [4.78, 5) is 0. The molecule has 0 atom stereocenters. The van der Waals surface area contributed by atoms with Crippen LogP contribution < -0.4 is 5.19 Å². The summed E-state index contributed by atoms with van der Waals surface area (Å²) in [5.41, 5.74) is 6.85. The van der Waals surface area contributed by atoms with E-state index >= 15 is 0 Å². The maximum atomic E-state index is 3.43. The molecule has 1 aromatic carbocycles. The Morgan fingerprint density at radius 2 is 1.37 bits per heavy atom. The molecular weight excluding hydrogens is 244 g/mol. The molecule has 0 aromatic heterocycles. The summed E-state index contributed by atoms with van der Waals surface area (Å²) < 4.78 is 0. The molecule has 0 nitrogen and oxygen atoms in total. The van der Waals surface area contributed by atoms with Crippen LogP contribution in [0.4, 0.5) is 0 Å². The number of hydrogen-bond donors (Lipinski definition) is 0. The van der Waals surface area contributed by atoms with E-state index in [0.717, 1.165) is 12.8 Å². The van der Waals surface area contributed by atoms with Crippen molar-refractivity contribution in [3.8, 4) is 22.9 Å². The van der Waals surface area contributed by atoms with Gasteiger partial charge in [-0.05, 0) is 18.0 Å². The average molecular weight is 267 g/mol. The Labute approximate surface area is 120 Å². The summed E-state index contributed by atoms with van der Waals surface area (Å²) in [7, 11) is -1.01. The van der Waals surface area contributed by atoms with E-state index in [9.17, 15) is 0 Å². The molecule has 0 amide bonds. The highest BCUT2D eigenvalue weighted by atomic mass is 28.3. The van der Waals surface area contributed by atoms with Crippen molar-refractivity contribution >= 4 is 14.0 Å². The van der Waals surface area contributed by atoms with Crippen LogP contribution in [0, 0.1) is 22.9 Å². The molecule has 0 saturated carbocycles. The zero-order valence-corrected chi connectivity index (χ0v) is 13.1. The number of hydrogen-bond acceptors (Lipinski definition) is 0. The fourth-order valence-electron chi connectivity index (χ4n) is 1.61. The zero-order chi connectivity index (χ0) is 13.8. The van der Waals surface area contributed by atoms with E-state index in [1.165, 1.54) is 30.9 Å². The predicted octanol–water partition coefficient (Wildman–Crippen LogP) is 3.85. The molecule has 0 aliphatic carbocycles. The van der Waals surface area contributed by atoms with Gasteiger partial charge in [0.1, 0.15) is 0 Å². The van der Waals surface area contributed by atoms with Gasteiger partial charge in [0.25, 0.3) is 8.80 Å². The van der Waals surface area contributed by atoms with Gasteiger partial charge in [0, 0.05) is 12.8 Å².